The van der Waals surface area contributed by atoms with E-state index in [0.29, 0.717) is 17.7 Å². The second kappa shape index (κ2) is 4.41. The molecule has 0 spiro atoms. The van der Waals surface area contributed by atoms with Crippen LogP contribution in [0, 0.1) is 0 Å². The molecule has 14 heavy (non-hydrogen) atoms. The normalized spacial score (nSPS) is 9.29. The van der Waals surface area contributed by atoms with Gasteiger partial charge in [-0.3, -0.25) is 9.59 Å². The summed E-state index contributed by atoms with van der Waals surface area (Å²) in [6.45, 7) is 1.78. The van der Waals surface area contributed by atoms with Crippen LogP contribution < -0.4 is 5.06 Å². The summed E-state index contributed by atoms with van der Waals surface area (Å²) in [5.74, 6) is -0.0676. The Morgan fingerprint density at radius 2 is 2.07 bits per heavy atom. The van der Waals surface area contributed by atoms with E-state index in [1.54, 1.807) is 31.3 Å². The van der Waals surface area contributed by atoms with Gasteiger partial charge in [0.15, 0.2) is 5.78 Å². The Balaban J connectivity index is 3.06. The van der Waals surface area contributed by atoms with E-state index in [4.69, 9.17) is 0 Å². The SMILES string of the molecule is CC(=O)c1ccccc1N(C)OC=O. The predicted octanol–water partition coefficient (Wildman–Crippen LogP) is 1.41. The standard InChI is InChI=1S/C10H11NO3/c1-8(13)9-5-3-4-6-10(9)11(2)14-7-12/h3-7H,1-2H3. The van der Waals surface area contributed by atoms with E-state index in [1.807, 2.05) is 0 Å². The van der Waals surface area contributed by atoms with Crippen molar-refractivity contribution in [1.82, 2.24) is 0 Å². The quantitative estimate of drug-likeness (QED) is 0.412. The molecule has 0 aliphatic carbocycles. The van der Waals surface area contributed by atoms with Crippen LogP contribution >= 0.6 is 0 Å². The van der Waals surface area contributed by atoms with E-state index in [1.165, 1.54) is 12.0 Å². The van der Waals surface area contributed by atoms with Gasteiger partial charge in [-0.15, -0.1) is 0 Å². The highest BCUT2D eigenvalue weighted by Crippen LogP contribution is 2.19. The summed E-state index contributed by atoms with van der Waals surface area (Å²) < 4.78 is 0. The molecule has 0 atom stereocenters. The Morgan fingerprint density at radius 1 is 1.43 bits per heavy atom. The van der Waals surface area contributed by atoms with Crippen molar-refractivity contribution in [3.05, 3.63) is 29.8 Å². The molecule has 0 radical (unpaired) electrons. The maximum atomic E-state index is 11.2. The zero-order valence-corrected chi connectivity index (χ0v) is 8.06. The number of nitrogens with zero attached hydrogens (tertiary/aromatic N) is 1. The molecule has 0 saturated carbocycles. The largest absolute Gasteiger partial charge is 0.344 e. The van der Waals surface area contributed by atoms with E-state index >= 15 is 0 Å². The number of rotatable bonds is 4. The van der Waals surface area contributed by atoms with Gasteiger partial charge in [0.2, 0.25) is 0 Å². The first-order chi connectivity index (χ1) is 6.66. The number of anilines is 1. The lowest BCUT2D eigenvalue weighted by Crippen LogP contribution is -2.18. The van der Waals surface area contributed by atoms with Crippen molar-refractivity contribution in [3.63, 3.8) is 0 Å². The fraction of sp³-hybridized carbons (Fsp3) is 0.200. The predicted molar refractivity (Wildman–Crippen MR) is 52.0 cm³/mol. The first-order valence-electron chi connectivity index (χ1n) is 4.11. The molecule has 4 heteroatoms. The second-order valence-electron chi connectivity index (χ2n) is 2.77. The lowest BCUT2D eigenvalue weighted by atomic mass is 10.1. The first-order valence-corrected chi connectivity index (χ1v) is 4.11. The molecule has 1 aromatic carbocycles. The third-order valence-electron chi connectivity index (χ3n) is 1.82. The highest BCUT2D eigenvalue weighted by atomic mass is 16.7. The van der Waals surface area contributed by atoms with E-state index in [2.05, 4.69) is 4.84 Å². The molecule has 0 fully saturated rings. The Hall–Kier alpha value is -1.84. The van der Waals surface area contributed by atoms with Crippen molar-refractivity contribution in [3.8, 4) is 0 Å². The molecule has 0 heterocycles. The zero-order chi connectivity index (χ0) is 10.6. The van der Waals surface area contributed by atoms with Gasteiger partial charge in [-0.2, -0.15) is 0 Å². The van der Waals surface area contributed by atoms with Crippen molar-refractivity contribution in [2.24, 2.45) is 0 Å². The Labute approximate surface area is 82.0 Å². The summed E-state index contributed by atoms with van der Waals surface area (Å²) in [6.07, 6.45) is 0. The minimum Gasteiger partial charge on any atom is -0.344 e. The van der Waals surface area contributed by atoms with Crippen molar-refractivity contribution >= 4 is 17.9 Å². The fourth-order valence-electron chi connectivity index (χ4n) is 1.17. The molecular formula is C10H11NO3. The summed E-state index contributed by atoms with van der Waals surface area (Å²) in [5.41, 5.74) is 1.10. The topological polar surface area (TPSA) is 46.6 Å². The fourth-order valence-corrected chi connectivity index (χ4v) is 1.17. The van der Waals surface area contributed by atoms with Crippen LogP contribution in [0.1, 0.15) is 17.3 Å². The minimum absolute atomic E-state index is 0.0676. The second-order valence-corrected chi connectivity index (χ2v) is 2.77. The zero-order valence-electron chi connectivity index (χ0n) is 8.06. The minimum atomic E-state index is -0.0676. The molecule has 0 N–H and O–H groups in total. The molecule has 1 rings (SSSR count). The number of carbonyl (C=O) groups is 2. The molecule has 0 aliphatic rings. The number of Topliss-reactive ketones (excluding diaryl/α,β-unsaturated/α-hetero) is 1. The smallest absolute Gasteiger partial charge is 0.320 e. The third kappa shape index (κ3) is 2.10. The molecule has 0 aromatic heterocycles. The maximum absolute atomic E-state index is 11.2. The van der Waals surface area contributed by atoms with E-state index < -0.39 is 0 Å². The summed E-state index contributed by atoms with van der Waals surface area (Å²) in [7, 11) is 1.57. The Bertz CT molecular complexity index is 349. The molecule has 74 valence electrons. The summed E-state index contributed by atoms with van der Waals surface area (Å²) in [6, 6.07) is 6.92. The molecule has 0 aliphatic heterocycles. The monoisotopic (exact) mass is 193 g/mol. The van der Waals surface area contributed by atoms with Crippen LogP contribution in [0.2, 0.25) is 0 Å². The summed E-state index contributed by atoms with van der Waals surface area (Å²) >= 11 is 0. The number of hydroxylamine groups is 1. The molecule has 0 bridgehead atoms. The van der Waals surface area contributed by atoms with Gasteiger partial charge < -0.3 is 4.84 Å². The molecule has 1 aromatic rings. The molecule has 0 unspecified atom stereocenters. The lowest BCUT2D eigenvalue weighted by Gasteiger charge is -2.17. The number of hydrogen-bond acceptors (Lipinski definition) is 4. The summed E-state index contributed by atoms with van der Waals surface area (Å²) in [4.78, 5) is 25.9. The molecule has 4 nitrogen and oxygen atoms in total. The Morgan fingerprint density at radius 3 is 2.64 bits per heavy atom. The number of para-hydroxylation sites is 1. The van der Waals surface area contributed by atoms with Crippen LogP contribution in [0.5, 0.6) is 0 Å². The van der Waals surface area contributed by atoms with Gasteiger partial charge in [0.05, 0.1) is 5.69 Å². The first kappa shape index (κ1) is 10.2. The van der Waals surface area contributed by atoms with Crippen LogP contribution in [0.25, 0.3) is 0 Å². The van der Waals surface area contributed by atoms with Gasteiger partial charge in [0.1, 0.15) is 0 Å². The van der Waals surface area contributed by atoms with Gasteiger partial charge in [-0.25, -0.2) is 5.06 Å². The lowest BCUT2D eigenvalue weighted by molar-refractivity contribution is -0.129. The maximum Gasteiger partial charge on any atom is 0.320 e. The van der Waals surface area contributed by atoms with Gasteiger partial charge in [-0.05, 0) is 19.1 Å². The van der Waals surface area contributed by atoms with Crippen LogP contribution in [0.3, 0.4) is 0 Å². The van der Waals surface area contributed by atoms with Crippen LogP contribution in [0.15, 0.2) is 24.3 Å². The number of ketones is 1. The van der Waals surface area contributed by atoms with Crippen LogP contribution in [-0.2, 0) is 9.63 Å². The van der Waals surface area contributed by atoms with Crippen LogP contribution in [0.4, 0.5) is 5.69 Å². The summed E-state index contributed by atoms with van der Waals surface area (Å²) in [5, 5.41) is 1.25. The van der Waals surface area contributed by atoms with E-state index in [-0.39, 0.29) is 5.78 Å². The van der Waals surface area contributed by atoms with Gasteiger partial charge in [0, 0.05) is 12.6 Å². The number of hydrogen-bond donors (Lipinski definition) is 0. The van der Waals surface area contributed by atoms with E-state index in [0.717, 1.165) is 0 Å². The molecule has 0 saturated heterocycles. The van der Waals surface area contributed by atoms with Crippen molar-refractivity contribution < 1.29 is 14.4 Å². The average molecular weight is 193 g/mol. The highest BCUT2D eigenvalue weighted by Gasteiger charge is 2.10. The van der Waals surface area contributed by atoms with Gasteiger partial charge in [-0.1, -0.05) is 12.1 Å². The molecular weight excluding hydrogens is 182 g/mol. The Kier molecular flexibility index (Phi) is 3.23. The van der Waals surface area contributed by atoms with Gasteiger partial charge in [0.25, 0.3) is 0 Å². The van der Waals surface area contributed by atoms with Crippen LogP contribution in [-0.4, -0.2) is 19.3 Å². The highest BCUT2D eigenvalue weighted by molar-refractivity contribution is 5.99. The van der Waals surface area contributed by atoms with Crippen molar-refractivity contribution in [2.45, 2.75) is 6.92 Å². The third-order valence-corrected chi connectivity index (χ3v) is 1.82. The van der Waals surface area contributed by atoms with E-state index in [9.17, 15) is 9.59 Å². The number of benzene rings is 1. The van der Waals surface area contributed by atoms with Crippen molar-refractivity contribution in [1.29, 1.82) is 0 Å². The molecule has 0 amide bonds. The van der Waals surface area contributed by atoms with Crippen molar-refractivity contribution in [2.75, 3.05) is 12.1 Å². The average Bonchev–Trinajstić information content (AvgIpc) is 2.18. The van der Waals surface area contributed by atoms with Gasteiger partial charge >= 0.3 is 6.47 Å². The number of carbonyl (C=O) groups excluding carboxylic acids is 2.